The lowest BCUT2D eigenvalue weighted by Gasteiger charge is -2.00. The molecule has 0 amide bonds. The van der Waals surface area contributed by atoms with Crippen LogP contribution in [0.15, 0.2) is 12.1 Å². The molecule has 0 spiro atoms. The first-order chi connectivity index (χ1) is 6.97. The van der Waals surface area contributed by atoms with Gasteiger partial charge in [0.2, 0.25) is 0 Å². The second-order valence-corrected chi connectivity index (χ2v) is 2.87. The predicted molar refractivity (Wildman–Crippen MR) is 48.1 cm³/mol. The van der Waals surface area contributed by atoms with Crippen LogP contribution in [0.1, 0.15) is 10.4 Å². The molecule has 15 heavy (non-hydrogen) atoms. The van der Waals surface area contributed by atoms with Gasteiger partial charge in [0.1, 0.15) is 0 Å². The van der Waals surface area contributed by atoms with Crippen molar-refractivity contribution in [3.05, 3.63) is 39.4 Å². The molecule has 4 nitrogen and oxygen atoms in total. The molecule has 7 heteroatoms. The Hall–Kier alpha value is -1.56. The Labute approximate surface area is 87.6 Å². The van der Waals surface area contributed by atoms with E-state index in [-0.39, 0.29) is 0 Å². The predicted octanol–water partition coefficient (Wildman–Crippen LogP) is 2.29. The quantitative estimate of drug-likeness (QED) is 0.350. The molecule has 0 N–H and O–H groups in total. The highest BCUT2D eigenvalue weighted by atomic mass is 35.5. The van der Waals surface area contributed by atoms with Crippen LogP contribution >= 0.6 is 11.6 Å². The maximum Gasteiger partial charge on any atom is 0.273 e. The monoisotopic (exact) mass is 235 g/mol. The molecule has 0 fully saturated rings. The number of carbonyl (C=O) groups is 1. The normalized spacial score (nSPS) is 10.1. The number of non-ortho nitro benzene ring substituents is 1. The summed E-state index contributed by atoms with van der Waals surface area (Å²) >= 11 is 5.13. The van der Waals surface area contributed by atoms with Gasteiger partial charge in [-0.3, -0.25) is 14.9 Å². The van der Waals surface area contributed by atoms with Crippen LogP contribution in [0.3, 0.4) is 0 Å². The topological polar surface area (TPSA) is 60.2 Å². The molecule has 0 bridgehead atoms. The Morgan fingerprint density at radius 2 is 2.07 bits per heavy atom. The number of hydrogen-bond acceptors (Lipinski definition) is 3. The van der Waals surface area contributed by atoms with E-state index in [0.717, 1.165) is 0 Å². The Morgan fingerprint density at radius 3 is 2.53 bits per heavy atom. The van der Waals surface area contributed by atoms with E-state index < -0.39 is 39.5 Å². The molecule has 0 radical (unpaired) electrons. The average Bonchev–Trinajstić information content (AvgIpc) is 2.20. The molecule has 0 aliphatic rings. The zero-order chi connectivity index (χ0) is 11.6. The molecule has 80 valence electrons. The summed E-state index contributed by atoms with van der Waals surface area (Å²) in [5.74, 6) is -4.35. The lowest BCUT2D eigenvalue weighted by molar-refractivity contribution is -0.385. The molecule has 0 aromatic heterocycles. The largest absolute Gasteiger partial charge is 0.293 e. The number of nitro benzene ring substituents is 1. The number of carbonyl (C=O) groups excluding carboxylic acids is 1. The zero-order valence-electron chi connectivity index (χ0n) is 7.17. The summed E-state index contributed by atoms with van der Waals surface area (Å²) < 4.78 is 25.8. The van der Waals surface area contributed by atoms with Gasteiger partial charge in [0.25, 0.3) is 5.69 Å². The van der Waals surface area contributed by atoms with Gasteiger partial charge in [0.05, 0.1) is 22.4 Å². The number of Topliss-reactive ketones (excluding diaryl/α,β-unsaturated/α-hetero) is 1. The van der Waals surface area contributed by atoms with Crippen LogP contribution < -0.4 is 0 Å². The Balaban J connectivity index is 3.37. The number of nitrogens with zero attached hydrogens (tertiary/aromatic N) is 1. The molecule has 0 saturated heterocycles. The summed E-state index contributed by atoms with van der Waals surface area (Å²) in [5, 5.41) is 10.3. The van der Waals surface area contributed by atoms with E-state index in [2.05, 4.69) is 0 Å². The minimum atomic E-state index is -1.45. The van der Waals surface area contributed by atoms with Crippen molar-refractivity contribution >= 4 is 23.1 Å². The standard InChI is InChI=1S/C8H4ClF2NO3/c9-3-7(13)5-1-4(12(14)15)2-6(10)8(5)11/h1-2H,3H2. The van der Waals surface area contributed by atoms with Crippen LogP contribution in [0, 0.1) is 21.7 Å². The maximum absolute atomic E-state index is 13.0. The molecule has 0 aliphatic heterocycles. The first-order valence-corrected chi connectivity index (χ1v) is 4.23. The minimum absolute atomic E-state index is 0.403. The van der Waals surface area contributed by atoms with E-state index in [1.54, 1.807) is 0 Å². The first-order valence-electron chi connectivity index (χ1n) is 3.70. The molecule has 0 saturated carbocycles. The van der Waals surface area contributed by atoms with Crippen LogP contribution in [0.2, 0.25) is 0 Å². The highest BCUT2D eigenvalue weighted by molar-refractivity contribution is 6.30. The van der Waals surface area contributed by atoms with Crippen molar-refractivity contribution in [1.29, 1.82) is 0 Å². The van der Waals surface area contributed by atoms with Crippen molar-refractivity contribution in [2.24, 2.45) is 0 Å². The van der Waals surface area contributed by atoms with E-state index in [1.807, 2.05) is 0 Å². The summed E-state index contributed by atoms with van der Waals surface area (Å²) in [7, 11) is 0. The van der Waals surface area contributed by atoms with Gasteiger partial charge in [-0.2, -0.15) is 0 Å². The third-order valence-corrected chi connectivity index (χ3v) is 1.89. The van der Waals surface area contributed by atoms with Gasteiger partial charge in [0, 0.05) is 6.07 Å². The van der Waals surface area contributed by atoms with Crippen molar-refractivity contribution in [3.8, 4) is 0 Å². The number of benzene rings is 1. The van der Waals surface area contributed by atoms with Crippen molar-refractivity contribution in [3.63, 3.8) is 0 Å². The van der Waals surface area contributed by atoms with Gasteiger partial charge in [0.15, 0.2) is 17.4 Å². The fourth-order valence-corrected chi connectivity index (χ4v) is 1.10. The van der Waals surface area contributed by atoms with Crippen molar-refractivity contribution in [1.82, 2.24) is 0 Å². The van der Waals surface area contributed by atoms with Crippen LogP contribution in [0.5, 0.6) is 0 Å². The van der Waals surface area contributed by atoms with Gasteiger partial charge in [-0.1, -0.05) is 0 Å². The summed E-state index contributed by atoms with van der Waals surface area (Å²) in [6, 6.07) is 1.06. The average molecular weight is 236 g/mol. The van der Waals surface area contributed by atoms with Gasteiger partial charge in [-0.05, 0) is 0 Å². The van der Waals surface area contributed by atoms with Crippen LogP contribution in [-0.2, 0) is 0 Å². The minimum Gasteiger partial charge on any atom is -0.293 e. The van der Waals surface area contributed by atoms with Crippen molar-refractivity contribution in [2.75, 3.05) is 5.88 Å². The number of alkyl halides is 1. The van der Waals surface area contributed by atoms with Gasteiger partial charge >= 0.3 is 0 Å². The van der Waals surface area contributed by atoms with E-state index in [9.17, 15) is 23.7 Å². The van der Waals surface area contributed by atoms with E-state index in [4.69, 9.17) is 11.6 Å². The van der Waals surface area contributed by atoms with Gasteiger partial charge in [-0.15, -0.1) is 11.6 Å². The summed E-state index contributed by atoms with van der Waals surface area (Å²) in [5.41, 5.74) is -1.40. The smallest absolute Gasteiger partial charge is 0.273 e. The molecule has 0 heterocycles. The number of nitro groups is 1. The van der Waals surface area contributed by atoms with E-state index >= 15 is 0 Å². The fraction of sp³-hybridized carbons (Fsp3) is 0.125. The van der Waals surface area contributed by atoms with Crippen molar-refractivity contribution < 1.29 is 18.5 Å². The van der Waals surface area contributed by atoms with Crippen molar-refractivity contribution in [2.45, 2.75) is 0 Å². The maximum atomic E-state index is 13.0. The molecule has 1 rings (SSSR count). The molecule has 0 unspecified atom stereocenters. The molecular weight excluding hydrogens is 232 g/mol. The van der Waals surface area contributed by atoms with Crippen LogP contribution in [0.25, 0.3) is 0 Å². The summed E-state index contributed by atoms with van der Waals surface area (Å²) in [4.78, 5) is 20.4. The highest BCUT2D eigenvalue weighted by Gasteiger charge is 2.20. The van der Waals surface area contributed by atoms with Gasteiger partial charge in [-0.25, -0.2) is 8.78 Å². The lowest BCUT2D eigenvalue weighted by atomic mass is 10.1. The fourth-order valence-electron chi connectivity index (χ4n) is 0.955. The SMILES string of the molecule is O=C(CCl)c1cc([N+](=O)[O-])cc(F)c1F. The molecule has 1 aromatic carbocycles. The molecule has 1 aromatic rings. The Kier molecular flexibility index (Phi) is 3.31. The lowest BCUT2D eigenvalue weighted by Crippen LogP contribution is -2.06. The molecular formula is C8H4ClF2NO3. The van der Waals surface area contributed by atoms with Gasteiger partial charge < -0.3 is 0 Å². The second-order valence-electron chi connectivity index (χ2n) is 2.60. The van der Waals surface area contributed by atoms with Crippen LogP contribution in [-0.4, -0.2) is 16.6 Å². The number of rotatable bonds is 3. The molecule has 0 aliphatic carbocycles. The highest BCUT2D eigenvalue weighted by Crippen LogP contribution is 2.21. The number of ketones is 1. The number of hydrogen-bond donors (Lipinski definition) is 0. The van der Waals surface area contributed by atoms with E-state index in [0.29, 0.717) is 12.1 Å². The summed E-state index contributed by atoms with van der Waals surface area (Å²) in [6.07, 6.45) is 0. The second kappa shape index (κ2) is 4.31. The molecule has 0 atom stereocenters. The Bertz CT molecular complexity index is 436. The third-order valence-electron chi connectivity index (χ3n) is 1.65. The number of halogens is 3. The van der Waals surface area contributed by atoms with E-state index in [1.165, 1.54) is 0 Å². The first kappa shape index (κ1) is 11.5. The zero-order valence-corrected chi connectivity index (χ0v) is 7.92. The van der Waals surface area contributed by atoms with Crippen LogP contribution in [0.4, 0.5) is 14.5 Å². The third kappa shape index (κ3) is 2.27. The Morgan fingerprint density at radius 1 is 1.47 bits per heavy atom. The summed E-state index contributed by atoms with van der Waals surface area (Å²) in [6.45, 7) is 0.